The molecule has 0 radical (unpaired) electrons. The third-order valence-corrected chi connectivity index (χ3v) is 4.99. The molecule has 27 heavy (non-hydrogen) atoms. The van der Waals surface area contributed by atoms with Crippen molar-refractivity contribution in [2.45, 2.75) is 6.54 Å². The maximum absolute atomic E-state index is 14.4. The molecule has 8 heteroatoms. The number of nitrogens with zero attached hydrogens (tertiary/aromatic N) is 3. The molecule has 4 nitrogen and oxygen atoms in total. The van der Waals surface area contributed by atoms with Crippen molar-refractivity contribution in [3.8, 4) is 11.6 Å². The van der Waals surface area contributed by atoms with Gasteiger partial charge in [-0.2, -0.15) is 0 Å². The van der Waals surface area contributed by atoms with E-state index in [1.165, 1.54) is 12.1 Å². The first-order valence-electron chi connectivity index (χ1n) is 8.07. The van der Waals surface area contributed by atoms with Crippen LogP contribution in [0.3, 0.4) is 0 Å². The molecule has 2 aromatic carbocycles. The molecular weight excluding hydrogens is 395 g/mol. The van der Waals surface area contributed by atoms with Crippen LogP contribution in [0.4, 0.5) is 20.4 Å². The van der Waals surface area contributed by atoms with Crippen LogP contribution in [-0.2, 0) is 6.54 Å². The van der Waals surface area contributed by atoms with E-state index in [9.17, 15) is 8.78 Å². The third-order valence-electron chi connectivity index (χ3n) is 4.39. The molecule has 0 spiro atoms. The van der Waals surface area contributed by atoms with E-state index in [4.69, 9.17) is 27.9 Å². The number of allylic oxidation sites excluding steroid dienone is 1. The van der Waals surface area contributed by atoms with Crippen molar-refractivity contribution in [3.63, 3.8) is 0 Å². The highest BCUT2D eigenvalue weighted by molar-refractivity contribution is 6.37. The van der Waals surface area contributed by atoms with Gasteiger partial charge in [-0.1, -0.05) is 29.3 Å². The summed E-state index contributed by atoms with van der Waals surface area (Å²) in [5, 5.41) is 0.710. The number of rotatable bonds is 3. The zero-order valence-corrected chi connectivity index (χ0v) is 15.7. The minimum Gasteiger partial charge on any atom is -0.434 e. The van der Waals surface area contributed by atoms with Gasteiger partial charge >= 0.3 is 5.95 Å². The molecule has 1 aliphatic heterocycles. The van der Waals surface area contributed by atoms with Crippen molar-refractivity contribution >= 4 is 34.8 Å². The molecule has 1 aliphatic rings. The van der Waals surface area contributed by atoms with Crippen molar-refractivity contribution in [3.05, 3.63) is 76.6 Å². The van der Waals surface area contributed by atoms with Crippen molar-refractivity contribution < 1.29 is 13.5 Å². The van der Waals surface area contributed by atoms with E-state index < -0.39 is 11.6 Å². The molecule has 1 unspecified atom stereocenters. The van der Waals surface area contributed by atoms with Crippen molar-refractivity contribution in [2.24, 2.45) is 0 Å². The summed E-state index contributed by atoms with van der Waals surface area (Å²) in [5.41, 5.74) is 0.265. The smallest absolute Gasteiger partial charge is 0.322 e. The summed E-state index contributed by atoms with van der Waals surface area (Å²) in [5.74, 6) is -0.206. The van der Waals surface area contributed by atoms with E-state index >= 15 is 0 Å². The Labute approximate surface area is 164 Å². The van der Waals surface area contributed by atoms with Gasteiger partial charge in [-0.15, -0.1) is 4.98 Å². The Morgan fingerprint density at radius 2 is 1.89 bits per heavy atom. The van der Waals surface area contributed by atoms with Crippen LogP contribution in [0.15, 0.2) is 54.9 Å². The second kappa shape index (κ2) is 6.64. The summed E-state index contributed by atoms with van der Waals surface area (Å²) >= 11 is 12.3. The quantitative estimate of drug-likeness (QED) is 0.492. The summed E-state index contributed by atoms with van der Waals surface area (Å²) in [6.07, 6.45) is 5.37. The number of hydrogen-bond acceptors (Lipinski definition) is 2. The molecule has 138 valence electrons. The second-order valence-corrected chi connectivity index (χ2v) is 7.05. The van der Waals surface area contributed by atoms with Gasteiger partial charge in [0.05, 0.1) is 29.8 Å². The van der Waals surface area contributed by atoms with Crippen LogP contribution in [0.5, 0.6) is 11.6 Å². The number of halogens is 4. The topological polar surface area (TPSA) is 27.1 Å². The van der Waals surface area contributed by atoms with Crippen LogP contribution >= 0.6 is 23.2 Å². The molecule has 0 amide bonds. The van der Waals surface area contributed by atoms with Gasteiger partial charge in [0.1, 0.15) is 12.0 Å². The number of para-hydroxylation sites is 1. The van der Waals surface area contributed by atoms with Gasteiger partial charge in [-0.25, -0.2) is 13.3 Å². The van der Waals surface area contributed by atoms with Gasteiger partial charge in [0.15, 0.2) is 17.3 Å². The minimum atomic E-state index is -0.657. The Kier molecular flexibility index (Phi) is 4.42. The van der Waals surface area contributed by atoms with Crippen LogP contribution in [-0.4, -0.2) is 16.6 Å². The molecule has 3 aromatic rings. The molecule has 0 saturated heterocycles. The summed E-state index contributed by atoms with van der Waals surface area (Å²) < 4.78 is 35.3. The number of benzene rings is 2. The predicted molar refractivity (Wildman–Crippen MR) is 102 cm³/mol. The van der Waals surface area contributed by atoms with Crippen molar-refractivity contribution in [2.75, 3.05) is 7.05 Å². The normalized spacial score (nSPS) is 18.4. The van der Waals surface area contributed by atoms with Crippen LogP contribution < -0.4 is 9.22 Å². The number of quaternary nitrogens is 1. The third kappa shape index (κ3) is 3.10. The highest BCUT2D eigenvalue weighted by atomic mass is 35.5. The molecular formula is C19H14Cl2F2N3O+. The molecule has 0 N–H and O–H groups in total. The largest absolute Gasteiger partial charge is 0.434 e. The van der Waals surface area contributed by atoms with Gasteiger partial charge in [0.2, 0.25) is 5.88 Å². The highest BCUT2D eigenvalue weighted by Crippen LogP contribution is 2.40. The maximum atomic E-state index is 14.4. The highest BCUT2D eigenvalue weighted by Gasteiger charge is 2.37. The lowest BCUT2D eigenvalue weighted by atomic mass is 10.2. The first kappa shape index (κ1) is 18.0. The van der Waals surface area contributed by atoms with Crippen LogP contribution in [0.1, 0.15) is 0 Å². The molecule has 0 fully saturated rings. The lowest BCUT2D eigenvalue weighted by molar-refractivity contribution is 0.460. The van der Waals surface area contributed by atoms with E-state index in [0.29, 0.717) is 28.3 Å². The first-order valence-corrected chi connectivity index (χ1v) is 8.83. The summed E-state index contributed by atoms with van der Waals surface area (Å²) in [6.45, 7) is 0.540. The van der Waals surface area contributed by atoms with E-state index in [2.05, 4.69) is 4.98 Å². The molecule has 0 aliphatic carbocycles. The SMILES string of the molecule is C[N+]1(c2ccc(F)cc2F)C=CCn2cc(Oc3c(Cl)cccc3Cl)nc21. The van der Waals surface area contributed by atoms with Crippen LogP contribution in [0, 0.1) is 11.6 Å². The first-order chi connectivity index (χ1) is 12.9. The molecule has 2 heterocycles. The molecule has 1 aromatic heterocycles. The lowest BCUT2D eigenvalue weighted by Crippen LogP contribution is -2.38. The van der Waals surface area contributed by atoms with Crippen molar-refractivity contribution in [1.29, 1.82) is 0 Å². The molecule has 1 atom stereocenters. The van der Waals surface area contributed by atoms with Gasteiger partial charge in [-0.05, 0) is 24.3 Å². The van der Waals surface area contributed by atoms with Crippen molar-refractivity contribution in [1.82, 2.24) is 14.0 Å². The Morgan fingerprint density at radius 3 is 2.59 bits per heavy atom. The summed E-state index contributed by atoms with van der Waals surface area (Å²) in [6, 6.07) is 8.52. The van der Waals surface area contributed by atoms with Gasteiger partial charge in [0, 0.05) is 12.1 Å². The zero-order valence-electron chi connectivity index (χ0n) is 14.2. The monoisotopic (exact) mass is 408 g/mol. The standard InChI is InChI=1S/C19H14Cl2F2N3O/c1-26(16-7-6-12(22)10-15(16)23)9-3-8-25-11-17(24-19(25)26)27-18-13(20)4-2-5-14(18)21/h2-7,9-11H,8H2,1H3/q+1. The van der Waals surface area contributed by atoms with E-state index in [1.54, 1.807) is 37.6 Å². The number of hydrogen-bond donors (Lipinski definition) is 0. The van der Waals surface area contributed by atoms with E-state index in [-0.39, 0.29) is 16.1 Å². The number of imidazole rings is 1. The van der Waals surface area contributed by atoms with E-state index in [0.717, 1.165) is 6.07 Å². The molecule has 0 saturated carbocycles. The number of ether oxygens (including phenoxy) is 1. The molecule has 0 bridgehead atoms. The Hall–Kier alpha value is -2.41. The Bertz CT molecular complexity index is 1050. The maximum Gasteiger partial charge on any atom is 0.322 e. The zero-order chi connectivity index (χ0) is 19.2. The average Bonchev–Trinajstić information content (AvgIpc) is 3.03. The van der Waals surface area contributed by atoms with Crippen LogP contribution in [0.25, 0.3) is 0 Å². The van der Waals surface area contributed by atoms with E-state index in [1.807, 2.05) is 10.6 Å². The fourth-order valence-electron chi connectivity index (χ4n) is 3.11. The average molecular weight is 409 g/mol. The Morgan fingerprint density at radius 1 is 1.15 bits per heavy atom. The fourth-order valence-corrected chi connectivity index (χ4v) is 3.58. The second-order valence-electron chi connectivity index (χ2n) is 6.24. The minimum absolute atomic E-state index is 0.0777. The molecule has 4 rings (SSSR count). The van der Waals surface area contributed by atoms with Gasteiger partial charge in [0.25, 0.3) is 0 Å². The van der Waals surface area contributed by atoms with Crippen LogP contribution in [0.2, 0.25) is 10.0 Å². The van der Waals surface area contributed by atoms with Gasteiger partial charge in [-0.3, -0.25) is 4.57 Å². The summed E-state index contributed by atoms with van der Waals surface area (Å²) in [4.78, 5) is 4.51. The van der Waals surface area contributed by atoms with Gasteiger partial charge < -0.3 is 4.74 Å². The Balaban J connectivity index is 1.77. The number of aromatic nitrogens is 2. The fraction of sp³-hybridized carbons (Fsp3) is 0.105. The predicted octanol–water partition coefficient (Wildman–Crippen LogP) is 6.06. The summed E-state index contributed by atoms with van der Waals surface area (Å²) in [7, 11) is 1.76. The lowest BCUT2D eigenvalue weighted by Gasteiger charge is -2.30. The number of fused-ring (bicyclic) bond motifs is 1.